The smallest absolute Gasteiger partial charge is 0.240 e. The average molecular weight is 339 g/mol. The van der Waals surface area contributed by atoms with Gasteiger partial charge >= 0.3 is 0 Å². The summed E-state index contributed by atoms with van der Waals surface area (Å²) in [5, 5.41) is 3.62. The molecule has 1 atom stereocenters. The predicted molar refractivity (Wildman–Crippen MR) is 93.2 cm³/mol. The lowest BCUT2D eigenvalue weighted by Crippen LogP contribution is -2.46. The van der Waals surface area contributed by atoms with Crippen LogP contribution in [0.15, 0.2) is 54.7 Å². The Labute approximate surface area is 144 Å². The standard InChI is InChI=1S/C19H18FN3O2/c20-14-5-3-4-12(8-14)9-18(24)23-17(19(21)25)10-13-11-22-16-7-2-1-6-15(13)16/h1-8,11,17,22H,9-10H2,(H2,21,25)(H,23,24)/t17-/m0/s1. The highest BCUT2D eigenvalue weighted by Crippen LogP contribution is 2.19. The fourth-order valence-corrected chi connectivity index (χ4v) is 2.82. The highest BCUT2D eigenvalue weighted by molar-refractivity contribution is 5.89. The highest BCUT2D eigenvalue weighted by atomic mass is 19.1. The van der Waals surface area contributed by atoms with Crippen molar-refractivity contribution in [2.75, 3.05) is 0 Å². The SMILES string of the molecule is NC(=O)[C@H](Cc1c[nH]c2ccccc12)NC(=O)Cc1cccc(F)c1. The van der Waals surface area contributed by atoms with Crippen LogP contribution in [-0.4, -0.2) is 22.8 Å². The molecule has 3 rings (SSSR count). The van der Waals surface area contributed by atoms with Gasteiger partial charge in [0.05, 0.1) is 6.42 Å². The third-order valence-electron chi connectivity index (χ3n) is 4.03. The van der Waals surface area contributed by atoms with Gasteiger partial charge in [-0.1, -0.05) is 30.3 Å². The van der Waals surface area contributed by atoms with Crippen molar-refractivity contribution in [3.05, 3.63) is 71.7 Å². The summed E-state index contributed by atoms with van der Waals surface area (Å²) >= 11 is 0. The van der Waals surface area contributed by atoms with Crippen molar-refractivity contribution in [1.29, 1.82) is 0 Å². The van der Waals surface area contributed by atoms with E-state index in [0.29, 0.717) is 5.56 Å². The third-order valence-corrected chi connectivity index (χ3v) is 4.03. The summed E-state index contributed by atoms with van der Waals surface area (Å²) in [6, 6.07) is 12.6. The van der Waals surface area contributed by atoms with E-state index in [4.69, 9.17) is 5.73 Å². The van der Waals surface area contributed by atoms with Crippen LogP contribution >= 0.6 is 0 Å². The summed E-state index contributed by atoms with van der Waals surface area (Å²) < 4.78 is 13.2. The second-order valence-corrected chi connectivity index (χ2v) is 5.89. The Hall–Kier alpha value is -3.15. The number of aromatic nitrogens is 1. The lowest BCUT2D eigenvalue weighted by Gasteiger charge is -2.15. The van der Waals surface area contributed by atoms with E-state index in [-0.39, 0.29) is 18.7 Å². The quantitative estimate of drug-likeness (QED) is 0.642. The minimum absolute atomic E-state index is 0.0184. The van der Waals surface area contributed by atoms with Gasteiger partial charge in [-0.05, 0) is 29.3 Å². The maximum atomic E-state index is 13.2. The zero-order valence-electron chi connectivity index (χ0n) is 13.5. The van der Waals surface area contributed by atoms with Crippen LogP contribution in [-0.2, 0) is 22.4 Å². The molecular weight excluding hydrogens is 321 g/mol. The molecule has 0 radical (unpaired) electrons. The Morgan fingerprint density at radius 2 is 1.96 bits per heavy atom. The molecule has 0 fully saturated rings. The van der Waals surface area contributed by atoms with E-state index in [1.54, 1.807) is 12.3 Å². The first-order chi connectivity index (χ1) is 12.0. The zero-order valence-corrected chi connectivity index (χ0v) is 13.5. The van der Waals surface area contributed by atoms with Gasteiger partial charge in [0.15, 0.2) is 0 Å². The number of aromatic amines is 1. The molecule has 2 amide bonds. The molecule has 0 saturated carbocycles. The number of amides is 2. The van der Waals surface area contributed by atoms with E-state index in [2.05, 4.69) is 10.3 Å². The Balaban J connectivity index is 1.71. The second kappa shape index (κ2) is 7.17. The summed E-state index contributed by atoms with van der Waals surface area (Å²) in [5.41, 5.74) is 7.82. The number of carbonyl (C=O) groups excluding carboxylic acids is 2. The molecule has 0 unspecified atom stereocenters. The number of rotatable bonds is 6. The lowest BCUT2D eigenvalue weighted by atomic mass is 10.0. The number of carbonyl (C=O) groups is 2. The minimum atomic E-state index is -0.833. The number of primary amides is 1. The fourth-order valence-electron chi connectivity index (χ4n) is 2.82. The summed E-state index contributed by atoms with van der Waals surface area (Å²) in [7, 11) is 0. The summed E-state index contributed by atoms with van der Waals surface area (Å²) in [4.78, 5) is 27.0. The molecule has 2 aromatic carbocycles. The van der Waals surface area contributed by atoms with Crippen LogP contribution in [0.3, 0.4) is 0 Å². The van der Waals surface area contributed by atoms with Crippen molar-refractivity contribution in [2.24, 2.45) is 5.73 Å². The van der Waals surface area contributed by atoms with Gasteiger partial charge in [0.2, 0.25) is 11.8 Å². The molecule has 6 heteroatoms. The molecule has 4 N–H and O–H groups in total. The predicted octanol–water partition coefficient (Wildman–Crippen LogP) is 2.06. The molecule has 5 nitrogen and oxygen atoms in total. The lowest BCUT2D eigenvalue weighted by molar-refractivity contribution is -0.126. The van der Waals surface area contributed by atoms with Gasteiger partial charge in [-0.2, -0.15) is 0 Å². The van der Waals surface area contributed by atoms with Crippen LogP contribution in [0.4, 0.5) is 4.39 Å². The Bertz CT molecular complexity index is 920. The normalized spacial score (nSPS) is 12.0. The van der Waals surface area contributed by atoms with E-state index >= 15 is 0 Å². The van der Waals surface area contributed by atoms with Crippen molar-refractivity contribution in [2.45, 2.75) is 18.9 Å². The highest BCUT2D eigenvalue weighted by Gasteiger charge is 2.20. The van der Waals surface area contributed by atoms with E-state index in [0.717, 1.165) is 16.5 Å². The van der Waals surface area contributed by atoms with Crippen LogP contribution in [0.2, 0.25) is 0 Å². The molecule has 25 heavy (non-hydrogen) atoms. The van der Waals surface area contributed by atoms with Crippen LogP contribution in [0.5, 0.6) is 0 Å². The van der Waals surface area contributed by atoms with Gasteiger partial charge in [0.25, 0.3) is 0 Å². The number of hydrogen-bond acceptors (Lipinski definition) is 2. The molecule has 0 bridgehead atoms. The molecule has 0 aliphatic carbocycles. The van der Waals surface area contributed by atoms with Crippen molar-refractivity contribution in [3.63, 3.8) is 0 Å². The first-order valence-corrected chi connectivity index (χ1v) is 7.91. The number of fused-ring (bicyclic) bond motifs is 1. The molecule has 0 aliphatic rings. The van der Waals surface area contributed by atoms with Gasteiger partial charge in [0.1, 0.15) is 11.9 Å². The van der Waals surface area contributed by atoms with Crippen molar-refractivity contribution in [3.8, 4) is 0 Å². The monoisotopic (exact) mass is 339 g/mol. The Kier molecular flexibility index (Phi) is 4.79. The topological polar surface area (TPSA) is 88.0 Å². The van der Waals surface area contributed by atoms with Crippen LogP contribution in [0.25, 0.3) is 10.9 Å². The Morgan fingerprint density at radius 3 is 2.72 bits per heavy atom. The van der Waals surface area contributed by atoms with E-state index in [9.17, 15) is 14.0 Å². The van der Waals surface area contributed by atoms with E-state index in [1.807, 2.05) is 24.3 Å². The summed E-state index contributed by atoms with van der Waals surface area (Å²) in [6.07, 6.45) is 2.07. The van der Waals surface area contributed by atoms with Gasteiger partial charge in [0, 0.05) is 23.5 Å². The fraction of sp³-hybridized carbons (Fsp3) is 0.158. The summed E-state index contributed by atoms with van der Waals surface area (Å²) in [5.74, 6) is -1.40. The largest absolute Gasteiger partial charge is 0.368 e. The van der Waals surface area contributed by atoms with Gasteiger partial charge in [-0.15, -0.1) is 0 Å². The molecule has 1 heterocycles. The first-order valence-electron chi connectivity index (χ1n) is 7.91. The van der Waals surface area contributed by atoms with Crippen LogP contribution in [0, 0.1) is 5.82 Å². The number of hydrogen-bond donors (Lipinski definition) is 3. The van der Waals surface area contributed by atoms with Gasteiger partial charge < -0.3 is 16.0 Å². The number of halogens is 1. The molecule has 3 aromatic rings. The van der Waals surface area contributed by atoms with Gasteiger partial charge in [-0.3, -0.25) is 9.59 Å². The number of para-hydroxylation sites is 1. The number of nitrogens with one attached hydrogen (secondary N) is 2. The zero-order chi connectivity index (χ0) is 17.8. The van der Waals surface area contributed by atoms with Gasteiger partial charge in [-0.25, -0.2) is 4.39 Å². The van der Waals surface area contributed by atoms with Crippen molar-refractivity contribution in [1.82, 2.24) is 10.3 Å². The van der Waals surface area contributed by atoms with Crippen LogP contribution in [0.1, 0.15) is 11.1 Å². The molecule has 0 saturated heterocycles. The number of benzene rings is 2. The maximum Gasteiger partial charge on any atom is 0.240 e. The van der Waals surface area contributed by atoms with Crippen molar-refractivity contribution < 1.29 is 14.0 Å². The van der Waals surface area contributed by atoms with E-state index < -0.39 is 17.8 Å². The van der Waals surface area contributed by atoms with Crippen LogP contribution < -0.4 is 11.1 Å². The second-order valence-electron chi connectivity index (χ2n) is 5.89. The van der Waals surface area contributed by atoms with E-state index in [1.165, 1.54) is 18.2 Å². The summed E-state index contributed by atoms with van der Waals surface area (Å²) in [6.45, 7) is 0. The maximum absolute atomic E-state index is 13.2. The molecular formula is C19H18FN3O2. The molecule has 128 valence electrons. The third kappa shape index (κ3) is 4.03. The van der Waals surface area contributed by atoms with Crippen molar-refractivity contribution >= 4 is 22.7 Å². The molecule has 1 aromatic heterocycles. The molecule has 0 aliphatic heterocycles. The Morgan fingerprint density at radius 1 is 1.16 bits per heavy atom. The minimum Gasteiger partial charge on any atom is -0.368 e. The number of H-pyrrole nitrogens is 1. The number of nitrogens with two attached hydrogens (primary N) is 1. The first kappa shape index (κ1) is 16.7. The average Bonchev–Trinajstić information content (AvgIpc) is 2.97. The molecule has 0 spiro atoms.